The molecule has 2 aromatic carbocycles. The van der Waals surface area contributed by atoms with Gasteiger partial charge in [-0.05, 0) is 51.2 Å². The molecule has 4 rings (SSSR count). The summed E-state index contributed by atoms with van der Waals surface area (Å²) in [6.45, 7) is 7.09. The van der Waals surface area contributed by atoms with Crippen molar-refractivity contribution in [2.45, 2.75) is 70.2 Å². The Hall–Kier alpha value is -2.41. The van der Waals surface area contributed by atoms with Crippen LogP contribution >= 0.6 is 0 Å². The summed E-state index contributed by atoms with van der Waals surface area (Å²) >= 11 is 0. The molecule has 0 unspecified atom stereocenters. The molecule has 6 nitrogen and oxygen atoms in total. The molecule has 178 valence electrons. The van der Waals surface area contributed by atoms with Crippen molar-refractivity contribution in [2.24, 2.45) is 0 Å². The minimum atomic E-state index is -0.690. The first-order chi connectivity index (χ1) is 16.0. The van der Waals surface area contributed by atoms with E-state index in [1.807, 2.05) is 62.1 Å². The molecule has 0 N–H and O–H groups in total. The lowest BCUT2D eigenvalue weighted by Gasteiger charge is -2.42. The van der Waals surface area contributed by atoms with Gasteiger partial charge in [-0.25, -0.2) is 4.79 Å². The van der Waals surface area contributed by atoms with Crippen molar-refractivity contribution in [3.8, 4) is 0 Å². The maximum Gasteiger partial charge on any atom is 0.410 e. The van der Waals surface area contributed by atoms with E-state index in [9.17, 15) is 4.79 Å². The molecule has 2 aromatic rings. The SMILES string of the molecule is CCOC(=O)N1CCCC[C@@H]1[C@H](OC(c1ccccc1)c1ccccc1)[C@H]1COC(C)(C)O1. The fourth-order valence-electron chi connectivity index (χ4n) is 4.80. The van der Waals surface area contributed by atoms with E-state index in [1.165, 1.54) is 0 Å². The highest BCUT2D eigenvalue weighted by Crippen LogP contribution is 2.36. The van der Waals surface area contributed by atoms with E-state index < -0.39 is 5.79 Å². The molecule has 2 saturated heterocycles. The van der Waals surface area contributed by atoms with E-state index in [2.05, 4.69) is 24.3 Å². The van der Waals surface area contributed by atoms with Crippen molar-refractivity contribution in [3.63, 3.8) is 0 Å². The van der Waals surface area contributed by atoms with Gasteiger partial charge in [0.2, 0.25) is 0 Å². The Labute approximate surface area is 196 Å². The second-order valence-corrected chi connectivity index (χ2v) is 9.12. The van der Waals surface area contributed by atoms with Gasteiger partial charge in [-0.1, -0.05) is 60.7 Å². The minimum Gasteiger partial charge on any atom is -0.450 e. The van der Waals surface area contributed by atoms with Crippen LogP contribution in [-0.2, 0) is 18.9 Å². The molecule has 2 aliphatic rings. The quantitative estimate of drug-likeness (QED) is 0.568. The first-order valence-corrected chi connectivity index (χ1v) is 12.0. The Morgan fingerprint density at radius 2 is 1.70 bits per heavy atom. The molecule has 0 radical (unpaired) electrons. The summed E-state index contributed by atoms with van der Waals surface area (Å²) in [5.41, 5.74) is 2.12. The summed E-state index contributed by atoms with van der Waals surface area (Å²) in [4.78, 5) is 14.7. The van der Waals surface area contributed by atoms with Gasteiger partial charge in [-0.2, -0.15) is 0 Å². The van der Waals surface area contributed by atoms with E-state index in [0.717, 1.165) is 30.4 Å². The number of carbonyl (C=O) groups excluding carboxylic acids is 1. The van der Waals surface area contributed by atoms with Crippen LogP contribution in [0.15, 0.2) is 60.7 Å². The van der Waals surface area contributed by atoms with Crippen molar-refractivity contribution in [1.29, 1.82) is 0 Å². The number of likely N-dealkylation sites (tertiary alicyclic amines) is 1. The molecule has 1 amide bonds. The molecule has 0 aliphatic carbocycles. The van der Waals surface area contributed by atoms with Gasteiger partial charge in [0, 0.05) is 6.54 Å². The summed E-state index contributed by atoms with van der Waals surface area (Å²) in [6.07, 6.45) is 1.56. The number of ether oxygens (including phenoxy) is 4. The number of carbonyl (C=O) groups is 1. The van der Waals surface area contributed by atoms with Gasteiger partial charge >= 0.3 is 6.09 Å². The first-order valence-electron chi connectivity index (χ1n) is 12.0. The number of nitrogens with zero attached hydrogens (tertiary/aromatic N) is 1. The smallest absolute Gasteiger partial charge is 0.410 e. The maximum atomic E-state index is 12.9. The number of amides is 1. The maximum absolute atomic E-state index is 12.9. The van der Waals surface area contributed by atoms with Gasteiger partial charge in [-0.3, -0.25) is 0 Å². The van der Waals surface area contributed by atoms with Gasteiger partial charge < -0.3 is 23.8 Å². The largest absolute Gasteiger partial charge is 0.450 e. The Bertz CT molecular complexity index is 848. The highest BCUT2D eigenvalue weighted by Gasteiger charge is 2.46. The van der Waals surface area contributed by atoms with Crippen LogP contribution in [0, 0.1) is 0 Å². The number of benzene rings is 2. The number of rotatable bonds is 7. The highest BCUT2D eigenvalue weighted by molar-refractivity contribution is 5.68. The van der Waals surface area contributed by atoms with Crippen LogP contribution in [0.2, 0.25) is 0 Å². The van der Waals surface area contributed by atoms with E-state index in [-0.39, 0.29) is 30.4 Å². The molecule has 2 heterocycles. The lowest BCUT2D eigenvalue weighted by molar-refractivity contribution is -0.171. The van der Waals surface area contributed by atoms with Crippen molar-refractivity contribution < 1.29 is 23.7 Å². The average molecular weight is 454 g/mol. The topological polar surface area (TPSA) is 57.2 Å². The highest BCUT2D eigenvalue weighted by atomic mass is 16.7. The van der Waals surface area contributed by atoms with Gasteiger partial charge in [-0.15, -0.1) is 0 Å². The molecule has 33 heavy (non-hydrogen) atoms. The number of hydrogen-bond acceptors (Lipinski definition) is 5. The van der Waals surface area contributed by atoms with E-state index >= 15 is 0 Å². The molecular weight excluding hydrogens is 418 g/mol. The fraction of sp³-hybridized carbons (Fsp3) is 0.519. The molecule has 2 aliphatic heterocycles. The standard InChI is InChI=1S/C27H35NO5/c1-4-30-26(29)28-18-12-11-17-22(28)25(23-19-31-27(2,3)33-23)32-24(20-13-7-5-8-14-20)21-15-9-6-10-16-21/h5-10,13-16,22-25H,4,11-12,17-19H2,1-3H3/t22-,23-,25+/m1/s1. The predicted octanol–water partition coefficient (Wildman–Crippen LogP) is 5.32. The second kappa shape index (κ2) is 10.7. The zero-order valence-corrected chi connectivity index (χ0v) is 19.8. The second-order valence-electron chi connectivity index (χ2n) is 9.12. The Kier molecular flexibility index (Phi) is 7.68. The Balaban J connectivity index is 1.69. The van der Waals surface area contributed by atoms with E-state index in [0.29, 0.717) is 19.8 Å². The van der Waals surface area contributed by atoms with Gasteiger partial charge in [0.25, 0.3) is 0 Å². The summed E-state index contributed by atoms with van der Waals surface area (Å²) in [5.74, 6) is -0.690. The molecule has 2 fully saturated rings. The molecule has 6 heteroatoms. The lowest BCUT2D eigenvalue weighted by Crippen LogP contribution is -2.55. The molecule has 3 atom stereocenters. The van der Waals surface area contributed by atoms with E-state index in [1.54, 1.807) is 0 Å². The molecule has 0 saturated carbocycles. The van der Waals surface area contributed by atoms with Crippen LogP contribution in [0.3, 0.4) is 0 Å². The zero-order valence-electron chi connectivity index (χ0n) is 19.8. The summed E-state index contributed by atoms with van der Waals surface area (Å²) in [7, 11) is 0. The van der Waals surface area contributed by atoms with Crippen LogP contribution in [-0.4, -0.2) is 54.8 Å². The third kappa shape index (κ3) is 5.75. The predicted molar refractivity (Wildman–Crippen MR) is 126 cm³/mol. The fourth-order valence-corrected chi connectivity index (χ4v) is 4.80. The van der Waals surface area contributed by atoms with Gasteiger partial charge in [0.1, 0.15) is 18.3 Å². The van der Waals surface area contributed by atoms with Crippen molar-refractivity contribution >= 4 is 6.09 Å². The van der Waals surface area contributed by atoms with Crippen LogP contribution in [0.5, 0.6) is 0 Å². The van der Waals surface area contributed by atoms with Crippen LogP contribution in [0.1, 0.15) is 57.3 Å². The van der Waals surface area contributed by atoms with Gasteiger partial charge in [0.15, 0.2) is 5.79 Å². The van der Waals surface area contributed by atoms with Crippen LogP contribution in [0.4, 0.5) is 4.79 Å². The van der Waals surface area contributed by atoms with Crippen molar-refractivity contribution in [2.75, 3.05) is 19.8 Å². The third-order valence-electron chi connectivity index (χ3n) is 6.33. The Morgan fingerprint density at radius 3 is 2.24 bits per heavy atom. The summed E-state index contributed by atoms with van der Waals surface area (Å²) in [6, 6.07) is 20.2. The molecule has 0 aromatic heterocycles. The third-order valence-corrected chi connectivity index (χ3v) is 6.33. The number of hydrogen-bond donors (Lipinski definition) is 0. The van der Waals surface area contributed by atoms with Crippen LogP contribution in [0.25, 0.3) is 0 Å². The Morgan fingerprint density at radius 1 is 1.06 bits per heavy atom. The average Bonchev–Trinajstić information content (AvgIpc) is 3.20. The lowest BCUT2D eigenvalue weighted by atomic mass is 9.93. The molecule has 0 bridgehead atoms. The van der Waals surface area contributed by atoms with Crippen molar-refractivity contribution in [1.82, 2.24) is 4.90 Å². The van der Waals surface area contributed by atoms with E-state index in [4.69, 9.17) is 18.9 Å². The number of piperidine rings is 1. The van der Waals surface area contributed by atoms with Crippen LogP contribution < -0.4 is 0 Å². The first kappa shape index (κ1) is 23.7. The van der Waals surface area contributed by atoms with Gasteiger partial charge in [0.05, 0.1) is 19.3 Å². The summed E-state index contributed by atoms with van der Waals surface area (Å²) < 4.78 is 24.6. The molecular formula is C27H35NO5. The minimum absolute atomic E-state index is 0.157. The monoisotopic (exact) mass is 453 g/mol. The van der Waals surface area contributed by atoms with Crippen molar-refractivity contribution in [3.05, 3.63) is 71.8 Å². The summed E-state index contributed by atoms with van der Waals surface area (Å²) in [5, 5.41) is 0. The molecule has 0 spiro atoms. The zero-order chi connectivity index (χ0) is 23.3. The normalized spacial score (nSPS) is 23.5.